The van der Waals surface area contributed by atoms with Gasteiger partial charge in [0.25, 0.3) is 0 Å². The standard InChI is InChI=1S/C18H25NO.BrH/c1-19-10-9-18-8-4-3-5-15(18)17(19)11-13-6-7-14(20-2)12-16(13)18;/h6-7,12,15,17H,3-5,8-11H2,1-2H3;1H/t15-,17-,18-;/m1./s1. The van der Waals surface area contributed by atoms with Gasteiger partial charge >= 0.3 is 0 Å². The van der Waals surface area contributed by atoms with Crippen molar-refractivity contribution in [2.45, 2.75) is 50.0 Å². The Balaban J connectivity index is 0.00000132. The summed E-state index contributed by atoms with van der Waals surface area (Å²) in [6, 6.07) is 7.60. The first-order chi connectivity index (χ1) is 9.74. The third kappa shape index (κ3) is 2.16. The second-order valence-corrected chi connectivity index (χ2v) is 7.03. The van der Waals surface area contributed by atoms with Crippen molar-refractivity contribution < 1.29 is 4.74 Å². The summed E-state index contributed by atoms with van der Waals surface area (Å²) in [6.45, 7) is 1.26. The molecule has 2 aliphatic carbocycles. The van der Waals surface area contributed by atoms with Crippen LogP contribution in [0, 0.1) is 5.92 Å². The number of piperidine rings is 1. The molecule has 1 heterocycles. The predicted octanol–water partition coefficient (Wildman–Crippen LogP) is 3.96. The molecule has 0 unspecified atom stereocenters. The lowest BCUT2D eigenvalue weighted by atomic mass is 9.52. The molecular formula is C18H26BrNO. The van der Waals surface area contributed by atoms with Crippen molar-refractivity contribution in [3.05, 3.63) is 29.3 Å². The maximum absolute atomic E-state index is 5.51. The van der Waals surface area contributed by atoms with Crippen molar-refractivity contribution in [1.29, 1.82) is 0 Å². The number of nitrogens with zero attached hydrogens (tertiary/aromatic N) is 1. The van der Waals surface area contributed by atoms with Gasteiger partial charge < -0.3 is 9.64 Å². The van der Waals surface area contributed by atoms with Gasteiger partial charge in [0, 0.05) is 11.5 Å². The molecule has 1 aromatic rings. The summed E-state index contributed by atoms with van der Waals surface area (Å²) in [5.74, 6) is 1.91. The zero-order chi connectivity index (χ0) is 13.7. The van der Waals surface area contributed by atoms with Crippen LogP contribution in [0.4, 0.5) is 0 Å². The van der Waals surface area contributed by atoms with E-state index in [9.17, 15) is 0 Å². The molecule has 1 aliphatic heterocycles. The fourth-order valence-electron chi connectivity index (χ4n) is 5.30. The zero-order valence-electron chi connectivity index (χ0n) is 13.1. The molecule has 2 nitrogen and oxygen atoms in total. The molecular weight excluding hydrogens is 326 g/mol. The van der Waals surface area contributed by atoms with Gasteiger partial charge in [-0.3, -0.25) is 0 Å². The summed E-state index contributed by atoms with van der Waals surface area (Å²) < 4.78 is 5.51. The number of likely N-dealkylation sites (N-methyl/N-ethyl adjacent to an activating group) is 1. The van der Waals surface area contributed by atoms with Crippen LogP contribution >= 0.6 is 17.0 Å². The van der Waals surface area contributed by atoms with Gasteiger partial charge in [-0.1, -0.05) is 18.9 Å². The second kappa shape index (κ2) is 5.58. The number of methoxy groups -OCH3 is 1. The topological polar surface area (TPSA) is 12.5 Å². The van der Waals surface area contributed by atoms with E-state index in [0.717, 1.165) is 17.7 Å². The van der Waals surface area contributed by atoms with Crippen molar-refractivity contribution in [2.75, 3.05) is 20.7 Å². The van der Waals surface area contributed by atoms with Gasteiger partial charge in [0.15, 0.2) is 0 Å². The van der Waals surface area contributed by atoms with E-state index >= 15 is 0 Å². The van der Waals surface area contributed by atoms with E-state index in [2.05, 4.69) is 30.1 Å². The molecule has 1 aromatic carbocycles. The maximum atomic E-state index is 5.51. The Labute approximate surface area is 138 Å². The number of halogens is 1. The van der Waals surface area contributed by atoms with E-state index in [1.807, 2.05) is 0 Å². The Morgan fingerprint density at radius 3 is 2.90 bits per heavy atom. The van der Waals surface area contributed by atoms with Gasteiger partial charge in [0.05, 0.1) is 7.11 Å². The van der Waals surface area contributed by atoms with Crippen LogP contribution in [0.3, 0.4) is 0 Å². The molecule has 21 heavy (non-hydrogen) atoms. The van der Waals surface area contributed by atoms with Crippen LogP contribution in [0.5, 0.6) is 5.75 Å². The fraction of sp³-hybridized carbons (Fsp3) is 0.667. The van der Waals surface area contributed by atoms with E-state index in [1.165, 1.54) is 45.1 Å². The smallest absolute Gasteiger partial charge is 0.119 e. The van der Waals surface area contributed by atoms with Crippen molar-refractivity contribution in [2.24, 2.45) is 5.92 Å². The largest absolute Gasteiger partial charge is 0.497 e. The van der Waals surface area contributed by atoms with Crippen LogP contribution in [0.2, 0.25) is 0 Å². The number of ether oxygens (including phenoxy) is 1. The molecule has 0 N–H and O–H groups in total. The van der Waals surface area contributed by atoms with Crippen molar-refractivity contribution in [3.63, 3.8) is 0 Å². The Morgan fingerprint density at radius 2 is 2.10 bits per heavy atom. The first-order valence-corrected chi connectivity index (χ1v) is 8.12. The predicted molar refractivity (Wildman–Crippen MR) is 91.7 cm³/mol. The number of likely N-dealkylation sites (tertiary alicyclic amines) is 1. The summed E-state index contributed by atoms with van der Waals surface area (Å²) in [7, 11) is 4.12. The van der Waals surface area contributed by atoms with Crippen molar-refractivity contribution in [1.82, 2.24) is 4.90 Å². The fourth-order valence-corrected chi connectivity index (χ4v) is 5.30. The molecule has 1 saturated heterocycles. The molecule has 0 radical (unpaired) electrons. The number of hydrogen-bond acceptors (Lipinski definition) is 2. The van der Waals surface area contributed by atoms with Gasteiger partial charge in [-0.05, 0) is 68.5 Å². The number of rotatable bonds is 1. The molecule has 0 aromatic heterocycles. The number of benzene rings is 1. The van der Waals surface area contributed by atoms with Gasteiger partial charge in [-0.2, -0.15) is 0 Å². The molecule has 4 rings (SSSR count). The van der Waals surface area contributed by atoms with Gasteiger partial charge in [0.1, 0.15) is 5.75 Å². The van der Waals surface area contributed by atoms with E-state index in [4.69, 9.17) is 4.74 Å². The lowest BCUT2D eigenvalue weighted by Gasteiger charge is -2.58. The Hall–Kier alpha value is -0.540. The molecule has 3 heteroatoms. The molecule has 0 spiro atoms. The molecule has 116 valence electrons. The molecule has 3 aliphatic rings. The van der Waals surface area contributed by atoms with Crippen LogP contribution < -0.4 is 4.74 Å². The minimum absolute atomic E-state index is 0. The highest BCUT2D eigenvalue weighted by Gasteiger charge is 2.53. The highest BCUT2D eigenvalue weighted by atomic mass is 79.9. The van der Waals surface area contributed by atoms with E-state index in [1.54, 1.807) is 18.2 Å². The Bertz CT molecular complexity index is 532. The quantitative estimate of drug-likeness (QED) is 0.759. The average molecular weight is 352 g/mol. The normalized spacial score (nSPS) is 34.4. The van der Waals surface area contributed by atoms with Crippen LogP contribution in [0.15, 0.2) is 18.2 Å². The van der Waals surface area contributed by atoms with Gasteiger partial charge in [-0.15, -0.1) is 17.0 Å². The molecule has 0 amide bonds. The number of fused-ring (bicyclic) bond motifs is 1. The van der Waals surface area contributed by atoms with E-state index in [0.29, 0.717) is 5.41 Å². The summed E-state index contributed by atoms with van der Waals surface area (Å²) >= 11 is 0. The van der Waals surface area contributed by atoms with Gasteiger partial charge in [-0.25, -0.2) is 0 Å². The third-order valence-corrected chi connectivity index (χ3v) is 6.32. The number of hydrogen-bond donors (Lipinski definition) is 0. The molecule has 2 fully saturated rings. The lowest BCUT2D eigenvalue weighted by Crippen LogP contribution is -2.59. The minimum atomic E-state index is 0. The molecule has 1 saturated carbocycles. The highest BCUT2D eigenvalue weighted by molar-refractivity contribution is 8.93. The van der Waals surface area contributed by atoms with E-state index in [-0.39, 0.29) is 17.0 Å². The summed E-state index contributed by atoms with van der Waals surface area (Å²) in [4.78, 5) is 2.63. The summed E-state index contributed by atoms with van der Waals surface area (Å²) in [5.41, 5.74) is 3.67. The Morgan fingerprint density at radius 1 is 1.24 bits per heavy atom. The van der Waals surface area contributed by atoms with Crippen molar-refractivity contribution >= 4 is 17.0 Å². The van der Waals surface area contributed by atoms with Crippen LogP contribution in [0.25, 0.3) is 0 Å². The molecule has 3 atom stereocenters. The maximum Gasteiger partial charge on any atom is 0.119 e. The van der Waals surface area contributed by atoms with E-state index < -0.39 is 0 Å². The highest BCUT2D eigenvalue weighted by Crippen LogP contribution is 2.55. The van der Waals surface area contributed by atoms with Crippen LogP contribution in [0.1, 0.15) is 43.2 Å². The first kappa shape index (κ1) is 15.4. The van der Waals surface area contributed by atoms with Crippen molar-refractivity contribution in [3.8, 4) is 5.75 Å². The SMILES string of the molecule is Br.COc1ccc2c(c1)[C@@]13CCCC[C@@H]1[C@@H](C2)N(C)CC3. The molecule has 2 bridgehead atoms. The third-order valence-electron chi connectivity index (χ3n) is 6.32. The lowest BCUT2D eigenvalue weighted by molar-refractivity contribution is 0.00274. The van der Waals surface area contributed by atoms with Crippen LogP contribution in [-0.2, 0) is 11.8 Å². The average Bonchev–Trinajstić information content (AvgIpc) is 2.50. The summed E-state index contributed by atoms with van der Waals surface area (Å²) in [5, 5.41) is 0. The Kier molecular flexibility index (Phi) is 4.08. The van der Waals surface area contributed by atoms with Crippen LogP contribution in [-0.4, -0.2) is 31.6 Å². The first-order valence-electron chi connectivity index (χ1n) is 8.12. The summed E-state index contributed by atoms with van der Waals surface area (Å²) in [6.07, 6.45) is 8.22. The monoisotopic (exact) mass is 351 g/mol. The zero-order valence-corrected chi connectivity index (χ0v) is 14.8. The second-order valence-electron chi connectivity index (χ2n) is 7.03. The minimum Gasteiger partial charge on any atom is -0.497 e. The van der Waals surface area contributed by atoms with Gasteiger partial charge in [0.2, 0.25) is 0 Å².